The van der Waals surface area contributed by atoms with Crippen LogP contribution in [0, 0.1) is 0 Å². The smallest absolute Gasteiger partial charge is 0.220 e. The highest BCUT2D eigenvalue weighted by atomic mass is 16.5. The predicted octanol–water partition coefficient (Wildman–Crippen LogP) is 1.16. The zero-order chi connectivity index (χ0) is 17.9. The fourth-order valence-corrected chi connectivity index (χ4v) is 2.86. The normalized spacial score (nSPS) is 24.7. The molecule has 1 aliphatic heterocycles. The molecule has 0 aliphatic carbocycles. The number of rotatable bonds is 10. The Labute approximate surface area is 145 Å². The molecule has 1 rings (SSSR count). The van der Waals surface area contributed by atoms with E-state index in [1.807, 2.05) is 24.8 Å². The van der Waals surface area contributed by atoms with E-state index < -0.39 is 6.23 Å². The Morgan fingerprint density at radius 1 is 1.38 bits per heavy atom. The van der Waals surface area contributed by atoms with Crippen molar-refractivity contribution < 1.29 is 14.6 Å². The first-order valence-electron chi connectivity index (χ1n) is 8.82. The average molecular weight is 339 g/mol. The molecule has 6 nitrogen and oxygen atoms in total. The Morgan fingerprint density at radius 3 is 2.62 bits per heavy atom. The number of aliphatic hydroxyl groups is 1. The number of hydrogen-bond acceptors (Lipinski definition) is 5. The topological polar surface area (TPSA) is 87.8 Å². The van der Waals surface area contributed by atoms with Gasteiger partial charge < -0.3 is 20.9 Å². The first-order valence-corrected chi connectivity index (χ1v) is 8.82. The first-order chi connectivity index (χ1) is 11.5. The molecule has 138 valence electrons. The number of aliphatic hydroxyl groups excluding tert-OH is 1. The quantitative estimate of drug-likeness (QED) is 0.411. The second-order valence-corrected chi connectivity index (χ2v) is 6.45. The largest absolute Gasteiger partial charge is 0.375 e. The number of hydrogen-bond donors (Lipinski definition) is 3. The van der Waals surface area contributed by atoms with Gasteiger partial charge in [-0.1, -0.05) is 12.2 Å². The van der Waals surface area contributed by atoms with Gasteiger partial charge in [0.1, 0.15) is 6.23 Å². The van der Waals surface area contributed by atoms with Crippen LogP contribution in [0.25, 0.3) is 0 Å². The van der Waals surface area contributed by atoms with Crippen LogP contribution < -0.4 is 11.1 Å². The Kier molecular flexibility index (Phi) is 9.86. The third-order valence-electron chi connectivity index (χ3n) is 3.96. The standard InChI is InChI=1S/C18H33N3O3/c1-4-7-16(20-17(22)8-5-6-11-19)9-10-18(23)21-12-14(2)24-15(3)13-21/h4,9-10,14-16,18,23H,1,5-8,11-13,19H2,2-3H3,(H,20,22)/b10-9+. The molecule has 0 radical (unpaired) electrons. The van der Waals surface area contributed by atoms with Crippen molar-refractivity contribution in [2.24, 2.45) is 5.73 Å². The van der Waals surface area contributed by atoms with Crippen LogP contribution in [0.5, 0.6) is 0 Å². The summed E-state index contributed by atoms with van der Waals surface area (Å²) in [7, 11) is 0. The number of carbonyl (C=O) groups is 1. The van der Waals surface area contributed by atoms with Crippen LogP contribution >= 0.6 is 0 Å². The van der Waals surface area contributed by atoms with E-state index in [9.17, 15) is 9.90 Å². The van der Waals surface area contributed by atoms with Gasteiger partial charge >= 0.3 is 0 Å². The number of unbranched alkanes of at least 4 members (excludes halogenated alkanes) is 1. The number of morpholine rings is 1. The molecule has 4 atom stereocenters. The third-order valence-corrected chi connectivity index (χ3v) is 3.96. The maximum absolute atomic E-state index is 11.9. The number of nitrogens with two attached hydrogens (primary N) is 1. The summed E-state index contributed by atoms with van der Waals surface area (Å²) >= 11 is 0. The lowest BCUT2D eigenvalue weighted by molar-refractivity contribution is -0.121. The molecule has 24 heavy (non-hydrogen) atoms. The summed E-state index contributed by atoms with van der Waals surface area (Å²) in [5, 5.41) is 13.3. The van der Waals surface area contributed by atoms with Crippen molar-refractivity contribution in [3.05, 3.63) is 24.8 Å². The van der Waals surface area contributed by atoms with Gasteiger partial charge in [-0.05, 0) is 45.7 Å². The number of amides is 1. The van der Waals surface area contributed by atoms with Crippen LogP contribution in [-0.4, -0.2) is 60.0 Å². The molecule has 6 heteroatoms. The van der Waals surface area contributed by atoms with E-state index in [2.05, 4.69) is 11.9 Å². The highest BCUT2D eigenvalue weighted by Gasteiger charge is 2.25. The zero-order valence-corrected chi connectivity index (χ0v) is 15.0. The minimum absolute atomic E-state index is 0.00283. The van der Waals surface area contributed by atoms with Gasteiger partial charge in [0.25, 0.3) is 0 Å². The van der Waals surface area contributed by atoms with Gasteiger partial charge in [-0.25, -0.2) is 0 Å². The van der Waals surface area contributed by atoms with E-state index >= 15 is 0 Å². The van der Waals surface area contributed by atoms with Gasteiger partial charge in [-0.2, -0.15) is 0 Å². The van der Waals surface area contributed by atoms with Crippen LogP contribution in [0.15, 0.2) is 24.8 Å². The van der Waals surface area contributed by atoms with Gasteiger partial charge in [0, 0.05) is 19.5 Å². The molecule has 1 aliphatic rings. The van der Waals surface area contributed by atoms with E-state index in [1.165, 1.54) is 0 Å². The summed E-state index contributed by atoms with van der Waals surface area (Å²) in [6, 6.07) is -0.154. The fraction of sp³-hybridized carbons (Fsp3) is 0.722. The molecule has 0 aromatic carbocycles. The van der Waals surface area contributed by atoms with E-state index in [-0.39, 0.29) is 24.2 Å². The van der Waals surface area contributed by atoms with Crippen molar-refractivity contribution >= 4 is 5.91 Å². The van der Waals surface area contributed by atoms with Gasteiger partial charge in [0.2, 0.25) is 5.91 Å². The fourth-order valence-electron chi connectivity index (χ4n) is 2.86. The summed E-state index contributed by atoms with van der Waals surface area (Å²) in [4.78, 5) is 13.9. The number of carbonyl (C=O) groups excluding carboxylic acids is 1. The summed E-state index contributed by atoms with van der Waals surface area (Å²) in [6.45, 7) is 9.71. The molecule has 0 saturated carbocycles. The van der Waals surface area contributed by atoms with Crippen LogP contribution in [0.2, 0.25) is 0 Å². The molecule has 1 saturated heterocycles. The van der Waals surface area contributed by atoms with Gasteiger partial charge in [-0.15, -0.1) is 6.58 Å². The zero-order valence-electron chi connectivity index (χ0n) is 15.0. The van der Waals surface area contributed by atoms with E-state index in [1.54, 1.807) is 12.2 Å². The van der Waals surface area contributed by atoms with Gasteiger partial charge in [0.05, 0.1) is 18.2 Å². The third kappa shape index (κ3) is 8.06. The first kappa shape index (κ1) is 20.8. The van der Waals surface area contributed by atoms with E-state index in [0.29, 0.717) is 32.5 Å². The maximum Gasteiger partial charge on any atom is 0.220 e. The highest BCUT2D eigenvalue weighted by molar-refractivity contribution is 5.76. The molecule has 0 bridgehead atoms. The highest BCUT2D eigenvalue weighted by Crippen LogP contribution is 2.13. The molecule has 4 unspecified atom stereocenters. The molecule has 0 aromatic rings. The molecular formula is C18H33N3O3. The number of nitrogens with one attached hydrogen (secondary N) is 1. The molecule has 0 spiro atoms. The lowest BCUT2D eigenvalue weighted by atomic mass is 10.1. The summed E-state index contributed by atoms with van der Waals surface area (Å²) in [5.74, 6) is 0.00283. The molecule has 1 amide bonds. The summed E-state index contributed by atoms with van der Waals surface area (Å²) in [6.07, 6.45) is 7.60. The Morgan fingerprint density at radius 2 is 2.04 bits per heavy atom. The molecule has 0 aromatic heterocycles. The van der Waals surface area contributed by atoms with Crippen LogP contribution in [0.3, 0.4) is 0 Å². The second kappa shape index (κ2) is 11.4. The van der Waals surface area contributed by atoms with Crippen molar-refractivity contribution in [2.75, 3.05) is 19.6 Å². The SMILES string of the molecule is C=CCC(/C=C/C(O)N1CC(C)OC(C)C1)NC(=O)CCCCN. The minimum Gasteiger partial charge on any atom is -0.375 e. The molecule has 4 N–H and O–H groups in total. The lowest BCUT2D eigenvalue weighted by Crippen LogP contribution is -2.49. The van der Waals surface area contributed by atoms with E-state index in [0.717, 1.165) is 12.8 Å². The number of ether oxygens (including phenoxy) is 1. The van der Waals surface area contributed by atoms with Crippen LogP contribution in [0.1, 0.15) is 39.5 Å². The minimum atomic E-state index is -0.680. The lowest BCUT2D eigenvalue weighted by Gasteiger charge is -2.37. The molecular weight excluding hydrogens is 306 g/mol. The Bertz CT molecular complexity index is 404. The monoisotopic (exact) mass is 339 g/mol. The molecule has 1 heterocycles. The van der Waals surface area contributed by atoms with Crippen molar-refractivity contribution in [3.63, 3.8) is 0 Å². The summed E-state index contributed by atoms with van der Waals surface area (Å²) < 4.78 is 5.67. The van der Waals surface area contributed by atoms with Crippen molar-refractivity contribution in [1.82, 2.24) is 10.2 Å². The average Bonchev–Trinajstić information content (AvgIpc) is 2.51. The van der Waals surface area contributed by atoms with Crippen molar-refractivity contribution in [1.29, 1.82) is 0 Å². The summed E-state index contributed by atoms with van der Waals surface area (Å²) in [5.41, 5.74) is 5.44. The van der Waals surface area contributed by atoms with Gasteiger partial charge in [-0.3, -0.25) is 9.69 Å². The predicted molar refractivity (Wildman–Crippen MR) is 96.4 cm³/mol. The second-order valence-electron chi connectivity index (χ2n) is 6.45. The Balaban J connectivity index is 2.51. The van der Waals surface area contributed by atoms with Gasteiger partial charge in [0.15, 0.2) is 0 Å². The van der Waals surface area contributed by atoms with Crippen molar-refractivity contribution in [2.45, 2.75) is 64.0 Å². The maximum atomic E-state index is 11.9. The Hall–Kier alpha value is -1.21. The van der Waals surface area contributed by atoms with Crippen LogP contribution in [-0.2, 0) is 9.53 Å². The van der Waals surface area contributed by atoms with Crippen molar-refractivity contribution in [3.8, 4) is 0 Å². The van der Waals surface area contributed by atoms with E-state index in [4.69, 9.17) is 10.5 Å². The van der Waals surface area contributed by atoms with Crippen LogP contribution in [0.4, 0.5) is 0 Å². The molecule has 1 fully saturated rings. The number of nitrogens with zero attached hydrogens (tertiary/aromatic N) is 1.